The maximum Gasteiger partial charge on any atom is 0.452 e. The van der Waals surface area contributed by atoms with E-state index in [2.05, 4.69) is 21.6 Å². The topological polar surface area (TPSA) is 37.8 Å². The number of nitrogens with one attached hydrogen (secondary N) is 1. The van der Waals surface area contributed by atoms with E-state index in [1.54, 1.807) is 0 Å². The van der Waals surface area contributed by atoms with Gasteiger partial charge >= 0.3 is 6.18 Å². The van der Waals surface area contributed by atoms with Crippen LogP contribution >= 0.6 is 11.5 Å². The van der Waals surface area contributed by atoms with Crippen molar-refractivity contribution in [1.29, 1.82) is 0 Å². The van der Waals surface area contributed by atoms with Crippen LogP contribution in [0.4, 0.5) is 18.3 Å². The smallest absolute Gasteiger partial charge is 0.356 e. The molecule has 1 heterocycles. The summed E-state index contributed by atoms with van der Waals surface area (Å²) in [6.45, 7) is 2.49. The second-order valence-electron chi connectivity index (χ2n) is 3.94. The monoisotopic (exact) mass is 287 g/mol. The third-order valence-electron chi connectivity index (χ3n) is 2.55. The Bertz CT molecular complexity index is 534. The van der Waals surface area contributed by atoms with E-state index in [-0.39, 0.29) is 5.13 Å². The van der Waals surface area contributed by atoms with Crippen molar-refractivity contribution in [3.05, 3.63) is 41.2 Å². The van der Waals surface area contributed by atoms with Gasteiger partial charge in [-0.2, -0.15) is 22.5 Å². The predicted octanol–water partition coefficient (Wildman–Crippen LogP) is 3.73. The van der Waals surface area contributed by atoms with Crippen molar-refractivity contribution in [2.24, 2.45) is 0 Å². The number of hydrogen-bond acceptors (Lipinski definition) is 4. The molecular weight excluding hydrogens is 275 g/mol. The highest BCUT2D eigenvalue weighted by Gasteiger charge is 2.36. The van der Waals surface area contributed by atoms with Crippen LogP contribution in [0, 0.1) is 0 Å². The Kier molecular flexibility index (Phi) is 4.04. The van der Waals surface area contributed by atoms with E-state index in [1.807, 2.05) is 24.3 Å². The first-order valence-corrected chi connectivity index (χ1v) is 6.49. The lowest BCUT2D eigenvalue weighted by Crippen LogP contribution is -2.07. The Morgan fingerprint density at radius 1 is 1.16 bits per heavy atom. The standard InChI is InChI=1S/C12H12F3N3S/c1-2-8-3-5-9(6-4-8)7-16-11-17-10(18-19-11)12(13,14)15/h3-6H,2,7H2,1H3,(H,16,17,18). The first-order chi connectivity index (χ1) is 8.99. The molecule has 7 heteroatoms. The van der Waals surface area contributed by atoms with Gasteiger partial charge in [-0.15, -0.1) is 0 Å². The number of rotatable bonds is 4. The van der Waals surface area contributed by atoms with Gasteiger partial charge in [0.1, 0.15) is 0 Å². The average Bonchev–Trinajstić information content (AvgIpc) is 2.86. The van der Waals surface area contributed by atoms with Crippen LogP contribution in [0.5, 0.6) is 0 Å². The van der Waals surface area contributed by atoms with Gasteiger partial charge in [0.25, 0.3) is 0 Å². The molecule has 0 atom stereocenters. The zero-order valence-electron chi connectivity index (χ0n) is 10.2. The van der Waals surface area contributed by atoms with Crippen molar-refractivity contribution >= 4 is 16.7 Å². The minimum atomic E-state index is -4.49. The predicted molar refractivity (Wildman–Crippen MR) is 68.1 cm³/mol. The Morgan fingerprint density at radius 2 is 1.79 bits per heavy atom. The highest BCUT2D eigenvalue weighted by Crippen LogP contribution is 2.29. The molecule has 2 rings (SSSR count). The highest BCUT2D eigenvalue weighted by molar-refractivity contribution is 7.09. The van der Waals surface area contributed by atoms with Gasteiger partial charge in [0.15, 0.2) is 0 Å². The largest absolute Gasteiger partial charge is 0.452 e. The van der Waals surface area contributed by atoms with Crippen LogP contribution in [0.3, 0.4) is 0 Å². The van der Waals surface area contributed by atoms with Crippen LogP contribution in [-0.2, 0) is 19.1 Å². The number of aromatic nitrogens is 2. The second kappa shape index (κ2) is 5.56. The van der Waals surface area contributed by atoms with Crippen molar-refractivity contribution in [1.82, 2.24) is 9.36 Å². The third-order valence-corrected chi connectivity index (χ3v) is 3.23. The van der Waals surface area contributed by atoms with Gasteiger partial charge in [-0.25, -0.2) is 0 Å². The SMILES string of the molecule is CCc1ccc(CNc2nc(C(F)(F)F)ns2)cc1. The molecule has 0 unspecified atom stereocenters. The molecule has 0 radical (unpaired) electrons. The van der Waals surface area contributed by atoms with Crippen molar-refractivity contribution in [2.45, 2.75) is 26.1 Å². The molecule has 0 saturated carbocycles. The molecule has 0 spiro atoms. The summed E-state index contributed by atoms with van der Waals surface area (Å²) >= 11 is 0.711. The van der Waals surface area contributed by atoms with Crippen molar-refractivity contribution in [3.8, 4) is 0 Å². The molecule has 1 aromatic heterocycles. The minimum Gasteiger partial charge on any atom is -0.356 e. The van der Waals surface area contributed by atoms with Crippen LogP contribution in [0.15, 0.2) is 24.3 Å². The van der Waals surface area contributed by atoms with Crippen LogP contribution < -0.4 is 5.32 Å². The molecule has 3 nitrogen and oxygen atoms in total. The Balaban J connectivity index is 1.96. The molecule has 0 saturated heterocycles. The number of hydrogen-bond donors (Lipinski definition) is 1. The number of halogens is 3. The molecule has 0 amide bonds. The van der Waals surface area contributed by atoms with Crippen molar-refractivity contribution in [2.75, 3.05) is 5.32 Å². The molecule has 0 fully saturated rings. The molecular formula is C12H12F3N3S. The zero-order valence-corrected chi connectivity index (χ0v) is 11.0. The highest BCUT2D eigenvalue weighted by atomic mass is 32.1. The molecule has 0 aliphatic carbocycles. The van der Waals surface area contributed by atoms with Gasteiger partial charge in [0.2, 0.25) is 11.0 Å². The fourth-order valence-electron chi connectivity index (χ4n) is 1.48. The van der Waals surface area contributed by atoms with Crippen LogP contribution in [-0.4, -0.2) is 9.36 Å². The maximum absolute atomic E-state index is 12.3. The van der Waals surface area contributed by atoms with Crippen molar-refractivity contribution < 1.29 is 13.2 Å². The summed E-state index contributed by atoms with van der Waals surface area (Å²) < 4.78 is 40.2. The lowest BCUT2D eigenvalue weighted by atomic mass is 10.1. The number of anilines is 1. The van der Waals surface area contributed by atoms with E-state index in [1.165, 1.54) is 5.56 Å². The van der Waals surface area contributed by atoms with E-state index in [0.717, 1.165) is 12.0 Å². The minimum absolute atomic E-state index is 0.173. The lowest BCUT2D eigenvalue weighted by molar-refractivity contribution is -0.144. The molecule has 19 heavy (non-hydrogen) atoms. The van der Waals surface area contributed by atoms with Gasteiger partial charge in [0, 0.05) is 18.1 Å². The molecule has 0 bridgehead atoms. The van der Waals surface area contributed by atoms with E-state index in [9.17, 15) is 13.2 Å². The number of aryl methyl sites for hydroxylation is 1. The molecule has 0 aliphatic rings. The number of benzene rings is 1. The quantitative estimate of drug-likeness (QED) is 0.931. The Hall–Kier alpha value is -1.63. The Morgan fingerprint density at radius 3 is 2.32 bits per heavy atom. The Labute approximate surface area is 112 Å². The van der Waals surface area contributed by atoms with Crippen molar-refractivity contribution in [3.63, 3.8) is 0 Å². The fourth-order valence-corrected chi connectivity index (χ4v) is 2.06. The van der Waals surface area contributed by atoms with Gasteiger partial charge in [-0.1, -0.05) is 31.2 Å². The van der Waals surface area contributed by atoms with Crippen LogP contribution in [0.1, 0.15) is 23.9 Å². The molecule has 1 N–H and O–H groups in total. The molecule has 0 aliphatic heterocycles. The summed E-state index contributed by atoms with van der Waals surface area (Å²) in [5.74, 6) is -1.10. The summed E-state index contributed by atoms with van der Waals surface area (Å²) in [7, 11) is 0. The van der Waals surface area contributed by atoms with E-state index in [4.69, 9.17) is 0 Å². The third kappa shape index (κ3) is 3.66. The van der Waals surface area contributed by atoms with Gasteiger partial charge in [-0.05, 0) is 17.5 Å². The summed E-state index contributed by atoms with van der Waals surface area (Å²) in [4.78, 5) is 3.40. The first kappa shape index (κ1) is 13.8. The summed E-state index contributed by atoms with van der Waals surface area (Å²) in [5.41, 5.74) is 2.21. The molecule has 2 aromatic rings. The van der Waals surface area contributed by atoms with Gasteiger partial charge < -0.3 is 5.32 Å². The van der Waals surface area contributed by atoms with Gasteiger partial charge in [0.05, 0.1) is 0 Å². The lowest BCUT2D eigenvalue weighted by Gasteiger charge is -2.03. The summed E-state index contributed by atoms with van der Waals surface area (Å²) in [6.07, 6.45) is -3.53. The summed E-state index contributed by atoms with van der Waals surface area (Å²) in [6, 6.07) is 7.88. The maximum atomic E-state index is 12.3. The van der Waals surface area contributed by atoms with E-state index < -0.39 is 12.0 Å². The molecule has 1 aromatic carbocycles. The normalized spacial score (nSPS) is 11.6. The summed E-state index contributed by atoms with van der Waals surface area (Å²) in [5, 5.41) is 3.01. The zero-order chi connectivity index (χ0) is 13.9. The van der Waals surface area contributed by atoms with E-state index in [0.29, 0.717) is 18.1 Å². The number of alkyl halides is 3. The van der Waals surface area contributed by atoms with E-state index >= 15 is 0 Å². The first-order valence-electron chi connectivity index (χ1n) is 5.71. The number of nitrogens with zero attached hydrogens (tertiary/aromatic N) is 2. The van der Waals surface area contributed by atoms with Gasteiger partial charge in [-0.3, -0.25) is 0 Å². The second-order valence-corrected chi connectivity index (χ2v) is 4.70. The van der Waals surface area contributed by atoms with Crippen LogP contribution in [0.25, 0.3) is 0 Å². The molecule has 102 valence electrons. The average molecular weight is 287 g/mol. The van der Waals surface area contributed by atoms with Crippen LogP contribution in [0.2, 0.25) is 0 Å². The fraction of sp³-hybridized carbons (Fsp3) is 0.333.